The molecule has 2 aliphatic rings. The van der Waals surface area contributed by atoms with Crippen LogP contribution in [0.2, 0.25) is 0 Å². The number of amides is 1. The van der Waals surface area contributed by atoms with Crippen LogP contribution >= 0.6 is 15.9 Å². The van der Waals surface area contributed by atoms with Crippen molar-refractivity contribution in [2.45, 2.75) is 76.7 Å². The van der Waals surface area contributed by atoms with E-state index in [0.717, 1.165) is 31.0 Å². The first kappa shape index (κ1) is 14.4. The van der Waals surface area contributed by atoms with Gasteiger partial charge in [-0.15, -0.1) is 0 Å². The molecule has 0 aromatic carbocycles. The molecule has 2 fully saturated rings. The molecule has 2 saturated carbocycles. The molecule has 0 unspecified atom stereocenters. The number of carbonyl (C=O) groups is 1. The summed E-state index contributed by atoms with van der Waals surface area (Å²) in [5.41, 5.74) is -0.0688. The molecule has 0 heterocycles. The van der Waals surface area contributed by atoms with E-state index in [1.807, 2.05) is 0 Å². The van der Waals surface area contributed by atoms with Gasteiger partial charge in [0.1, 0.15) is 0 Å². The summed E-state index contributed by atoms with van der Waals surface area (Å²) in [7, 11) is 0. The topological polar surface area (TPSA) is 29.1 Å². The lowest BCUT2D eigenvalue weighted by Gasteiger charge is -2.41. The van der Waals surface area contributed by atoms with Crippen molar-refractivity contribution in [3.63, 3.8) is 0 Å². The van der Waals surface area contributed by atoms with Crippen LogP contribution in [-0.4, -0.2) is 16.8 Å². The molecule has 2 nitrogen and oxygen atoms in total. The van der Waals surface area contributed by atoms with E-state index in [-0.39, 0.29) is 11.0 Å². The minimum absolute atomic E-state index is 0.0375. The van der Waals surface area contributed by atoms with Crippen LogP contribution in [0.3, 0.4) is 0 Å². The van der Waals surface area contributed by atoms with Gasteiger partial charge >= 0.3 is 0 Å². The summed E-state index contributed by atoms with van der Waals surface area (Å²) in [6, 6.07) is 0. The molecular formula is C15H26BrNO. The van der Waals surface area contributed by atoms with Gasteiger partial charge < -0.3 is 5.32 Å². The van der Waals surface area contributed by atoms with Gasteiger partial charge in [-0.25, -0.2) is 0 Å². The van der Waals surface area contributed by atoms with E-state index in [1.54, 1.807) is 0 Å². The van der Waals surface area contributed by atoms with Crippen molar-refractivity contribution in [2.75, 3.05) is 5.33 Å². The lowest BCUT2D eigenvalue weighted by Crippen LogP contribution is -2.55. The molecule has 3 heteroatoms. The van der Waals surface area contributed by atoms with Crippen LogP contribution in [0.4, 0.5) is 0 Å². The molecule has 0 spiro atoms. The smallest absolute Gasteiger partial charge is 0.226 e. The van der Waals surface area contributed by atoms with Crippen molar-refractivity contribution < 1.29 is 4.79 Å². The summed E-state index contributed by atoms with van der Waals surface area (Å²) in [4.78, 5) is 12.6. The van der Waals surface area contributed by atoms with Crippen molar-refractivity contribution >= 4 is 21.8 Å². The standard InChI is InChI=1S/C15H26BrNO/c1-14(8-4-2-5-9-14)13(18)17-15(12-16)10-6-3-7-11-15/h2-12H2,1H3,(H,17,18). The fourth-order valence-electron chi connectivity index (χ4n) is 3.47. The molecular weight excluding hydrogens is 290 g/mol. The zero-order valence-corrected chi connectivity index (χ0v) is 13.2. The maximum atomic E-state index is 12.6. The van der Waals surface area contributed by atoms with E-state index in [4.69, 9.17) is 0 Å². The SMILES string of the molecule is CC1(C(=O)NC2(CBr)CCCCC2)CCCCC1. The highest BCUT2D eigenvalue weighted by Crippen LogP contribution is 2.38. The molecule has 0 aromatic rings. The molecule has 18 heavy (non-hydrogen) atoms. The monoisotopic (exact) mass is 315 g/mol. The van der Waals surface area contributed by atoms with Crippen molar-refractivity contribution in [2.24, 2.45) is 5.41 Å². The summed E-state index contributed by atoms with van der Waals surface area (Å²) in [6.07, 6.45) is 12.0. The first-order valence-corrected chi connectivity index (χ1v) is 8.61. The maximum absolute atomic E-state index is 12.6. The summed E-state index contributed by atoms with van der Waals surface area (Å²) in [5, 5.41) is 4.31. The Morgan fingerprint density at radius 3 is 2.00 bits per heavy atom. The van der Waals surface area contributed by atoms with Gasteiger partial charge in [-0.2, -0.15) is 0 Å². The third-order valence-corrected chi connectivity index (χ3v) is 6.02. The molecule has 0 saturated heterocycles. The van der Waals surface area contributed by atoms with Gasteiger partial charge in [-0.05, 0) is 25.7 Å². The van der Waals surface area contributed by atoms with Crippen LogP contribution in [0.5, 0.6) is 0 Å². The minimum atomic E-state index is -0.106. The normalized spacial score (nSPS) is 26.6. The third kappa shape index (κ3) is 3.09. The minimum Gasteiger partial charge on any atom is -0.349 e. The van der Waals surface area contributed by atoms with E-state index in [2.05, 4.69) is 28.2 Å². The highest BCUT2D eigenvalue weighted by atomic mass is 79.9. The molecule has 0 aliphatic heterocycles. The largest absolute Gasteiger partial charge is 0.349 e. The molecule has 2 aliphatic carbocycles. The average Bonchev–Trinajstić information content (AvgIpc) is 2.40. The zero-order valence-electron chi connectivity index (χ0n) is 11.6. The second kappa shape index (κ2) is 5.94. The Morgan fingerprint density at radius 1 is 1.00 bits per heavy atom. The Bertz CT molecular complexity index is 291. The van der Waals surface area contributed by atoms with E-state index in [0.29, 0.717) is 5.91 Å². The van der Waals surface area contributed by atoms with Crippen LogP contribution < -0.4 is 5.32 Å². The molecule has 0 radical (unpaired) electrons. The fraction of sp³-hybridized carbons (Fsp3) is 0.933. The van der Waals surface area contributed by atoms with Gasteiger partial charge in [0.2, 0.25) is 5.91 Å². The summed E-state index contributed by atoms with van der Waals surface area (Å²) >= 11 is 3.62. The van der Waals surface area contributed by atoms with Gasteiger partial charge in [-0.1, -0.05) is 61.4 Å². The van der Waals surface area contributed by atoms with Crippen LogP contribution in [0.1, 0.15) is 71.1 Å². The Morgan fingerprint density at radius 2 is 1.50 bits per heavy atom. The van der Waals surface area contributed by atoms with Crippen LogP contribution in [0.15, 0.2) is 0 Å². The van der Waals surface area contributed by atoms with Crippen molar-refractivity contribution in [3.05, 3.63) is 0 Å². The predicted molar refractivity (Wildman–Crippen MR) is 78.9 cm³/mol. The van der Waals surface area contributed by atoms with Gasteiger partial charge in [-0.3, -0.25) is 4.79 Å². The van der Waals surface area contributed by atoms with Gasteiger partial charge in [0.05, 0.1) is 0 Å². The van der Waals surface area contributed by atoms with Crippen molar-refractivity contribution in [3.8, 4) is 0 Å². The maximum Gasteiger partial charge on any atom is 0.226 e. The summed E-state index contributed by atoms with van der Waals surface area (Å²) in [5.74, 6) is 0.309. The number of halogens is 1. The number of carbonyl (C=O) groups excluding carboxylic acids is 1. The van der Waals surface area contributed by atoms with E-state index in [9.17, 15) is 4.79 Å². The Kier molecular flexibility index (Phi) is 4.74. The fourth-order valence-corrected chi connectivity index (χ4v) is 4.17. The summed E-state index contributed by atoms with van der Waals surface area (Å²) < 4.78 is 0. The third-order valence-electron chi connectivity index (χ3n) is 4.95. The quantitative estimate of drug-likeness (QED) is 0.778. The number of hydrogen-bond donors (Lipinski definition) is 1. The number of nitrogens with one attached hydrogen (secondary N) is 1. The second-order valence-corrected chi connectivity index (χ2v) is 7.11. The lowest BCUT2D eigenvalue weighted by molar-refractivity contribution is -0.134. The Hall–Kier alpha value is -0.0500. The second-order valence-electron chi connectivity index (χ2n) is 6.55. The van der Waals surface area contributed by atoms with Crippen molar-refractivity contribution in [1.29, 1.82) is 0 Å². The first-order chi connectivity index (χ1) is 8.60. The number of alkyl halides is 1. The van der Waals surface area contributed by atoms with Crippen molar-refractivity contribution in [1.82, 2.24) is 5.32 Å². The van der Waals surface area contributed by atoms with E-state index in [1.165, 1.54) is 38.5 Å². The molecule has 1 N–H and O–H groups in total. The average molecular weight is 316 g/mol. The zero-order chi connectivity index (χ0) is 13.1. The van der Waals surface area contributed by atoms with Gasteiger partial charge in [0.15, 0.2) is 0 Å². The Balaban J connectivity index is 2.00. The van der Waals surface area contributed by atoms with Crippen LogP contribution in [0, 0.1) is 5.41 Å². The van der Waals surface area contributed by atoms with Gasteiger partial charge in [0.25, 0.3) is 0 Å². The highest BCUT2D eigenvalue weighted by Gasteiger charge is 2.40. The number of rotatable bonds is 3. The van der Waals surface area contributed by atoms with Crippen LogP contribution in [0.25, 0.3) is 0 Å². The lowest BCUT2D eigenvalue weighted by atomic mass is 9.74. The molecule has 1 amide bonds. The van der Waals surface area contributed by atoms with E-state index < -0.39 is 0 Å². The molecule has 104 valence electrons. The van der Waals surface area contributed by atoms with E-state index >= 15 is 0 Å². The predicted octanol–water partition coefficient (Wildman–Crippen LogP) is 4.17. The molecule has 2 rings (SSSR count). The molecule has 0 atom stereocenters. The number of hydrogen-bond acceptors (Lipinski definition) is 1. The van der Waals surface area contributed by atoms with Crippen LogP contribution in [-0.2, 0) is 4.79 Å². The Labute approximate surface area is 119 Å². The highest BCUT2D eigenvalue weighted by molar-refractivity contribution is 9.09. The first-order valence-electron chi connectivity index (χ1n) is 7.49. The summed E-state index contributed by atoms with van der Waals surface area (Å²) in [6.45, 7) is 2.16. The molecule has 0 aromatic heterocycles. The molecule has 0 bridgehead atoms. The van der Waals surface area contributed by atoms with Gasteiger partial charge in [0, 0.05) is 16.3 Å².